The van der Waals surface area contributed by atoms with Crippen molar-refractivity contribution in [2.24, 2.45) is 5.92 Å². The first-order valence-corrected chi connectivity index (χ1v) is 6.86. The summed E-state index contributed by atoms with van der Waals surface area (Å²) in [6.07, 6.45) is 2.03. The quantitative estimate of drug-likeness (QED) is 0.765. The fourth-order valence-electron chi connectivity index (χ4n) is 1.58. The minimum Gasteiger partial charge on any atom is -0.480 e. The zero-order chi connectivity index (χ0) is 12.8. The summed E-state index contributed by atoms with van der Waals surface area (Å²) < 4.78 is 0. The van der Waals surface area contributed by atoms with Crippen LogP contribution in [-0.4, -0.2) is 23.4 Å². The molecular formula is C13H19NO2S. The van der Waals surface area contributed by atoms with E-state index in [0.717, 1.165) is 5.56 Å². The van der Waals surface area contributed by atoms with Crippen LogP contribution in [0.1, 0.15) is 19.4 Å². The van der Waals surface area contributed by atoms with Crippen molar-refractivity contribution in [2.45, 2.75) is 31.3 Å². The Morgan fingerprint density at radius 3 is 2.35 bits per heavy atom. The molecule has 0 aliphatic rings. The standard InChI is InChI=1S/C13H19NO2S/c1-9(2)12(13(15)16)14-8-10-4-6-11(17-3)7-5-10/h4-7,9,12,14H,8H2,1-3H3,(H,15,16). The van der Waals surface area contributed by atoms with Gasteiger partial charge < -0.3 is 10.4 Å². The summed E-state index contributed by atoms with van der Waals surface area (Å²) in [6, 6.07) is 7.66. The van der Waals surface area contributed by atoms with Crippen molar-refractivity contribution in [2.75, 3.05) is 6.26 Å². The minimum atomic E-state index is -0.791. The molecule has 0 aliphatic heterocycles. The highest BCUT2D eigenvalue weighted by Crippen LogP contribution is 2.15. The molecule has 1 aromatic carbocycles. The van der Waals surface area contributed by atoms with Crippen molar-refractivity contribution in [1.29, 1.82) is 0 Å². The van der Waals surface area contributed by atoms with Gasteiger partial charge in [-0.1, -0.05) is 26.0 Å². The second-order valence-corrected chi connectivity index (χ2v) is 5.17. The second-order valence-electron chi connectivity index (χ2n) is 4.29. The summed E-state index contributed by atoms with van der Waals surface area (Å²) in [5.74, 6) is -0.710. The first-order chi connectivity index (χ1) is 8.04. The van der Waals surface area contributed by atoms with Gasteiger partial charge in [0.1, 0.15) is 6.04 Å². The van der Waals surface area contributed by atoms with E-state index < -0.39 is 12.0 Å². The van der Waals surface area contributed by atoms with E-state index in [1.165, 1.54) is 4.90 Å². The van der Waals surface area contributed by atoms with Crippen LogP contribution in [0.15, 0.2) is 29.2 Å². The lowest BCUT2D eigenvalue weighted by atomic mass is 10.0. The summed E-state index contributed by atoms with van der Waals surface area (Å²) >= 11 is 1.70. The van der Waals surface area contributed by atoms with E-state index in [1.807, 2.05) is 44.4 Å². The van der Waals surface area contributed by atoms with Gasteiger partial charge in [0.15, 0.2) is 0 Å². The molecule has 1 rings (SSSR count). The Morgan fingerprint density at radius 1 is 1.35 bits per heavy atom. The molecular weight excluding hydrogens is 234 g/mol. The molecule has 0 spiro atoms. The molecule has 1 unspecified atom stereocenters. The Kier molecular flexibility index (Phi) is 5.51. The Balaban J connectivity index is 2.56. The average Bonchev–Trinajstić information content (AvgIpc) is 2.29. The molecule has 0 aromatic heterocycles. The SMILES string of the molecule is CSc1ccc(CNC(C(=O)O)C(C)C)cc1. The van der Waals surface area contributed by atoms with Crippen LogP contribution in [0.5, 0.6) is 0 Å². The summed E-state index contributed by atoms with van der Waals surface area (Å²) in [5.41, 5.74) is 1.11. The number of carbonyl (C=O) groups is 1. The third kappa shape index (κ3) is 4.40. The van der Waals surface area contributed by atoms with Crippen molar-refractivity contribution in [3.63, 3.8) is 0 Å². The molecule has 0 amide bonds. The third-order valence-corrected chi connectivity index (χ3v) is 3.36. The number of hydrogen-bond donors (Lipinski definition) is 2. The number of hydrogen-bond acceptors (Lipinski definition) is 3. The molecule has 1 aromatic rings. The average molecular weight is 253 g/mol. The number of nitrogens with one attached hydrogen (secondary N) is 1. The lowest BCUT2D eigenvalue weighted by Crippen LogP contribution is -2.40. The van der Waals surface area contributed by atoms with Gasteiger partial charge in [-0.3, -0.25) is 4.79 Å². The van der Waals surface area contributed by atoms with Crippen LogP contribution in [0, 0.1) is 5.92 Å². The van der Waals surface area contributed by atoms with Crippen molar-refractivity contribution in [3.05, 3.63) is 29.8 Å². The molecule has 1 atom stereocenters. The van der Waals surface area contributed by atoms with Gasteiger partial charge in [-0.05, 0) is 29.9 Å². The molecule has 0 aliphatic carbocycles. The highest BCUT2D eigenvalue weighted by molar-refractivity contribution is 7.98. The van der Waals surface area contributed by atoms with E-state index in [1.54, 1.807) is 11.8 Å². The third-order valence-electron chi connectivity index (χ3n) is 2.62. The number of benzene rings is 1. The maximum absolute atomic E-state index is 11.0. The molecule has 94 valence electrons. The van der Waals surface area contributed by atoms with E-state index in [-0.39, 0.29) is 5.92 Å². The van der Waals surface area contributed by atoms with Crippen LogP contribution >= 0.6 is 11.8 Å². The van der Waals surface area contributed by atoms with Gasteiger partial charge in [0.2, 0.25) is 0 Å². The molecule has 3 nitrogen and oxygen atoms in total. The lowest BCUT2D eigenvalue weighted by molar-refractivity contribution is -0.140. The van der Waals surface area contributed by atoms with Gasteiger partial charge in [-0.25, -0.2) is 0 Å². The Hall–Kier alpha value is -1.00. The maximum Gasteiger partial charge on any atom is 0.320 e. The number of rotatable bonds is 6. The Bertz CT molecular complexity index is 362. The summed E-state index contributed by atoms with van der Waals surface area (Å²) in [6.45, 7) is 4.40. The number of thioether (sulfide) groups is 1. The second kappa shape index (κ2) is 6.67. The van der Waals surface area contributed by atoms with Gasteiger partial charge in [0.05, 0.1) is 0 Å². The zero-order valence-corrected chi connectivity index (χ0v) is 11.3. The van der Waals surface area contributed by atoms with Crippen LogP contribution in [0.25, 0.3) is 0 Å². The molecule has 0 heterocycles. The highest BCUT2D eigenvalue weighted by Gasteiger charge is 2.20. The van der Waals surface area contributed by atoms with Crippen LogP contribution < -0.4 is 5.32 Å². The molecule has 0 saturated heterocycles. The van der Waals surface area contributed by atoms with Crippen LogP contribution in [0.3, 0.4) is 0 Å². The van der Waals surface area contributed by atoms with Gasteiger partial charge in [-0.2, -0.15) is 0 Å². The largest absolute Gasteiger partial charge is 0.480 e. The molecule has 4 heteroatoms. The minimum absolute atomic E-state index is 0.0815. The van der Waals surface area contributed by atoms with Crippen LogP contribution in [0.4, 0.5) is 0 Å². The van der Waals surface area contributed by atoms with E-state index in [9.17, 15) is 4.79 Å². The highest BCUT2D eigenvalue weighted by atomic mass is 32.2. The fourth-order valence-corrected chi connectivity index (χ4v) is 1.99. The molecule has 0 fully saturated rings. The summed E-state index contributed by atoms with van der Waals surface area (Å²) in [4.78, 5) is 12.2. The van der Waals surface area contributed by atoms with Gasteiger partial charge >= 0.3 is 5.97 Å². The first-order valence-electron chi connectivity index (χ1n) is 5.63. The molecule has 17 heavy (non-hydrogen) atoms. The zero-order valence-electron chi connectivity index (χ0n) is 10.4. The van der Waals surface area contributed by atoms with E-state index in [4.69, 9.17) is 5.11 Å². The predicted octanol–water partition coefficient (Wildman–Crippen LogP) is 2.61. The van der Waals surface area contributed by atoms with E-state index in [2.05, 4.69) is 5.32 Å². The fraction of sp³-hybridized carbons (Fsp3) is 0.462. The first kappa shape index (κ1) is 14.1. The van der Waals surface area contributed by atoms with Gasteiger partial charge in [-0.15, -0.1) is 11.8 Å². The van der Waals surface area contributed by atoms with Crippen molar-refractivity contribution in [3.8, 4) is 0 Å². The van der Waals surface area contributed by atoms with Gasteiger partial charge in [0.25, 0.3) is 0 Å². The number of carboxylic acids is 1. The smallest absolute Gasteiger partial charge is 0.320 e. The van der Waals surface area contributed by atoms with E-state index in [0.29, 0.717) is 6.54 Å². The predicted molar refractivity (Wildman–Crippen MR) is 71.3 cm³/mol. The molecule has 0 radical (unpaired) electrons. The maximum atomic E-state index is 11.0. The molecule has 0 saturated carbocycles. The van der Waals surface area contributed by atoms with Crippen molar-refractivity contribution in [1.82, 2.24) is 5.32 Å². The summed E-state index contributed by atoms with van der Waals surface area (Å²) in [7, 11) is 0. The number of carboxylic acid groups (broad SMARTS) is 1. The van der Waals surface area contributed by atoms with Gasteiger partial charge in [0, 0.05) is 11.4 Å². The van der Waals surface area contributed by atoms with Crippen LogP contribution in [0.2, 0.25) is 0 Å². The van der Waals surface area contributed by atoms with Crippen molar-refractivity contribution >= 4 is 17.7 Å². The van der Waals surface area contributed by atoms with Crippen molar-refractivity contribution < 1.29 is 9.90 Å². The topological polar surface area (TPSA) is 49.3 Å². The summed E-state index contributed by atoms with van der Waals surface area (Å²) in [5, 5.41) is 12.1. The Morgan fingerprint density at radius 2 is 1.94 bits per heavy atom. The molecule has 0 bridgehead atoms. The monoisotopic (exact) mass is 253 g/mol. The van der Waals surface area contributed by atoms with Crippen LogP contribution in [-0.2, 0) is 11.3 Å². The van der Waals surface area contributed by atoms with E-state index >= 15 is 0 Å². The normalized spacial score (nSPS) is 12.7. The molecule has 2 N–H and O–H groups in total. The number of aliphatic carboxylic acids is 1. The lowest BCUT2D eigenvalue weighted by Gasteiger charge is -2.17. The Labute approximate surface area is 107 Å².